The molecule has 6 heteroatoms. The van der Waals surface area contributed by atoms with Crippen LogP contribution >= 0.6 is 0 Å². The number of hydrogen-bond donors (Lipinski definition) is 1. The van der Waals surface area contributed by atoms with Crippen LogP contribution in [0.4, 0.5) is 10.2 Å². The van der Waals surface area contributed by atoms with E-state index in [0.29, 0.717) is 33.8 Å². The minimum atomic E-state index is -0.307. The lowest BCUT2D eigenvalue weighted by atomic mass is 10.1. The van der Waals surface area contributed by atoms with Crippen molar-refractivity contribution in [3.05, 3.63) is 66.9 Å². The summed E-state index contributed by atoms with van der Waals surface area (Å²) >= 11 is 0. The van der Waals surface area contributed by atoms with E-state index in [2.05, 4.69) is 15.1 Å². The molecule has 0 spiro atoms. The SMILES string of the molecule is Nc1nn2cc(-c3ccccc3F)cnc2c1-c1ccccn1. The van der Waals surface area contributed by atoms with Gasteiger partial charge in [-0.3, -0.25) is 4.98 Å². The van der Waals surface area contributed by atoms with Crippen LogP contribution in [0.25, 0.3) is 28.0 Å². The lowest BCUT2D eigenvalue weighted by Gasteiger charge is -2.04. The van der Waals surface area contributed by atoms with E-state index in [9.17, 15) is 4.39 Å². The fourth-order valence-corrected chi connectivity index (χ4v) is 2.54. The number of nitrogen functional groups attached to an aromatic ring is 1. The molecule has 0 amide bonds. The number of fused-ring (bicyclic) bond motifs is 1. The summed E-state index contributed by atoms with van der Waals surface area (Å²) in [5, 5.41) is 4.27. The zero-order valence-electron chi connectivity index (χ0n) is 12.0. The first kappa shape index (κ1) is 13.4. The molecule has 2 N–H and O–H groups in total. The standard InChI is InChI=1S/C17H12FN5/c18-13-6-2-1-5-12(13)11-9-21-17-15(14-7-3-4-8-20-14)16(19)22-23(17)10-11/h1-10H,(H2,19,22). The second kappa shape index (κ2) is 5.17. The summed E-state index contributed by atoms with van der Waals surface area (Å²) in [7, 11) is 0. The number of nitrogens with zero attached hydrogens (tertiary/aromatic N) is 4. The van der Waals surface area contributed by atoms with Crippen LogP contribution in [-0.2, 0) is 0 Å². The molecule has 3 heterocycles. The molecule has 0 fully saturated rings. The second-order valence-corrected chi connectivity index (χ2v) is 5.07. The Balaban J connectivity index is 1.91. The van der Waals surface area contributed by atoms with Crippen molar-refractivity contribution in [3.63, 3.8) is 0 Å². The average molecular weight is 305 g/mol. The molecule has 5 nitrogen and oxygen atoms in total. The van der Waals surface area contributed by atoms with Crippen LogP contribution in [0.2, 0.25) is 0 Å². The van der Waals surface area contributed by atoms with Gasteiger partial charge in [0.2, 0.25) is 0 Å². The summed E-state index contributed by atoms with van der Waals surface area (Å²) in [4.78, 5) is 8.70. The van der Waals surface area contributed by atoms with Gasteiger partial charge in [-0.25, -0.2) is 13.9 Å². The zero-order valence-corrected chi connectivity index (χ0v) is 12.0. The molecule has 23 heavy (non-hydrogen) atoms. The lowest BCUT2D eigenvalue weighted by molar-refractivity contribution is 0.631. The van der Waals surface area contributed by atoms with E-state index in [1.54, 1.807) is 41.3 Å². The summed E-state index contributed by atoms with van der Waals surface area (Å²) in [6.45, 7) is 0. The lowest BCUT2D eigenvalue weighted by Crippen LogP contribution is -1.93. The van der Waals surface area contributed by atoms with Crippen LogP contribution in [0, 0.1) is 5.82 Å². The molecule has 0 saturated heterocycles. The Kier molecular flexibility index (Phi) is 3.01. The quantitative estimate of drug-likeness (QED) is 0.617. The number of benzene rings is 1. The monoisotopic (exact) mass is 305 g/mol. The molecule has 0 aliphatic heterocycles. The number of pyridine rings is 1. The highest BCUT2D eigenvalue weighted by Gasteiger charge is 2.15. The normalized spacial score (nSPS) is 11.0. The van der Waals surface area contributed by atoms with Gasteiger partial charge in [0, 0.05) is 29.7 Å². The first-order chi connectivity index (χ1) is 11.2. The van der Waals surface area contributed by atoms with Crippen molar-refractivity contribution in [2.24, 2.45) is 0 Å². The van der Waals surface area contributed by atoms with Gasteiger partial charge in [0.1, 0.15) is 5.82 Å². The van der Waals surface area contributed by atoms with E-state index in [4.69, 9.17) is 5.73 Å². The zero-order chi connectivity index (χ0) is 15.8. The predicted octanol–water partition coefficient (Wildman–Crippen LogP) is 3.18. The summed E-state index contributed by atoms with van der Waals surface area (Å²) in [6, 6.07) is 12.1. The first-order valence-electron chi connectivity index (χ1n) is 7.04. The number of rotatable bonds is 2. The van der Waals surface area contributed by atoms with Crippen molar-refractivity contribution in [2.45, 2.75) is 0 Å². The van der Waals surface area contributed by atoms with E-state index in [1.807, 2.05) is 18.2 Å². The molecule has 0 radical (unpaired) electrons. The molecule has 1 aromatic carbocycles. The van der Waals surface area contributed by atoms with Gasteiger partial charge in [-0.2, -0.15) is 0 Å². The highest BCUT2D eigenvalue weighted by Crippen LogP contribution is 2.29. The van der Waals surface area contributed by atoms with Crippen LogP contribution in [0.5, 0.6) is 0 Å². The van der Waals surface area contributed by atoms with Crippen molar-refractivity contribution in [3.8, 4) is 22.4 Å². The van der Waals surface area contributed by atoms with Gasteiger partial charge in [-0.1, -0.05) is 24.3 Å². The minimum absolute atomic E-state index is 0.307. The molecule has 0 bridgehead atoms. The first-order valence-corrected chi connectivity index (χ1v) is 7.04. The summed E-state index contributed by atoms with van der Waals surface area (Å²) < 4.78 is 15.5. The van der Waals surface area contributed by atoms with Crippen LogP contribution in [0.1, 0.15) is 0 Å². The van der Waals surface area contributed by atoms with Crippen LogP contribution in [-0.4, -0.2) is 19.6 Å². The van der Waals surface area contributed by atoms with E-state index >= 15 is 0 Å². The maximum atomic E-state index is 13.9. The summed E-state index contributed by atoms with van der Waals surface area (Å²) in [5.74, 6) is 0.0283. The number of aromatic nitrogens is 4. The molecular weight excluding hydrogens is 293 g/mol. The Hall–Kier alpha value is -3.28. The van der Waals surface area contributed by atoms with Gasteiger partial charge in [-0.15, -0.1) is 5.10 Å². The van der Waals surface area contributed by atoms with Crippen LogP contribution in [0.3, 0.4) is 0 Å². The van der Waals surface area contributed by atoms with Crippen molar-refractivity contribution < 1.29 is 4.39 Å². The van der Waals surface area contributed by atoms with Crippen LogP contribution in [0.15, 0.2) is 61.1 Å². The topological polar surface area (TPSA) is 69.1 Å². The van der Waals surface area contributed by atoms with Crippen molar-refractivity contribution >= 4 is 11.5 Å². The highest BCUT2D eigenvalue weighted by atomic mass is 19.1. The molecule has 4 rings (SSSR count). The summed E-state index contributed by atoms with van der Waals surface area (Å²) in [5.41, 5.74) is 9.07. The molecule has 3 aromatic heterocycles. The van der Waals surface area contributed by atoms with Gasteiger partial charge in [0.15, 0.2) is 11.5 Å². The molecule has 4 aromatic rings. The van der Waals surface area contributed by atoms with Crippen LogP contribution < -0.4 is 5.73 Å². The van der Waals surface area contributed by atoms with Crippen molar-refractivity contribution in [2.75, 3.05) is 5.73 Å². The molecule has 0 saturated carbocycles. The minimum Gasteiger partial charge on any atom is -0.382 e. The third-order valence-electron chi connectivity index (χ3n) is 3.61. The molecule has 112 valence electrons. The van der Waals surface area contributed by atoms with E-state index in [-0.39, 0.29) is 5.82 Å². The van der Waals surface area contributed by atoms with E-state index < -0.39 is 0 Å². The third-order valence-corrected chi connectivity index (χ3v) is 3.61. The largest absolute Gasteiger partial charge is 0.382 e. The molecule has 0 aliphatic carbocycles. The fraction of sp³-hybridized carbons (Fsp3) is 0. The Bertz CT molecular complexity index is 994. The number of anilines is 1. The van der Waals surface area contributed by atoms with Gasteiger partial charge in [-0.05, 0) is 18.2 Å². The molecule has 0 aliphatic rings. The maximum Gasteiger partial charge on any atom is 0.166 e. The highest BCUT2D eigenvalue weighted by molar-refractivity contribution is 5.84. The number of halogens is 1. The third kappa shape index (κ3) is 2.20. The Morgan fingerprint density at radius 1 is 1.00 bits per heavy atom. The van der Waals surface area contributed by atoms with Gasteiger partial charge in [0.05, 0.1) is 11.3 Å². The molecular formula is C17H12FN5. The van der Waals surface area contributed by atoms with E-state index in [0.717, 1.165) is 0 Å². The number of hydrogen-bond acceptors (Lipinski definition) is 4. The fourth-order valence-electron chi connectivity index (χ4n) is 2.54. The average Bonchev–Trinajstić information content (AvgIpc) is 2.91. The molecule has 0 unspecified atom stereocenters. The Labute approximate surface area is 131 Å². The van der Waals surface area contributed by atoms with Crippen molar-refractivity contribution in [1.82, 2.24) is 19.6 Å². The summed E-state index contributed by atoms with van der Waals surface area (Å²) in [6.07, 6.45) is 5.01. The Morgan fingerprint density at radius 2 is 1.83 bits per heavy atom. The predicted molar refractivity (Wildman–Crippen MR) is 86.0 cm³/mol. The smallest absolute Gasteiger partial charge is 0.166 e. The second-order valence-electron chi connectivity index (χ2n) is 5.07. The maximum absolute atomic E-state index is 13.9. The van der Waals surface area contributed by atoms with E-state index in [1.165, 1.54) is 6.07 Å². The number of nitrogens with two attached hydrogens (primary N) is 1. The van der Waals surface area contributed by atoms with Crippen molar-refractivity contribution in [1.29, 1.82) is 0 Å². The molecule has 0 atom stereocenters. The Morgan fingerprint density at radius 3 is 2.61 bits per heavy atom. The van der Waals surface area contributed by atoms with Gasteiger partial charge < -0.3 is 5.73 Å². The van der Waals surface area contributed by atoms with Gasteiger partial charge in [0.25, 0.3) is 0 Å². The van der Waals surface area contributed by atoms with Gasteiger partial charge >= 0.3 is 0 Å².